The summed E-state index contributed by atoms with van der Waals surface area (Å²) in [6.07, 6.45) is 0. The number of hydrogen-bond donors (Lipinski definition) is 3. The zero-order valence-corrected chi connectivity index (χ0v) is 3.38. The van der Waals surface area contributed by atoms with Crippen molar-refractivity contribution in [2.75, 3.05) is 6.56 Å². The molecular formula is C3H7NO3. The molecule has 1 atom stereocenters. The Bertz CT molecular complexity index is 152. The molecule has 0 spiro atoms. The van der Waals surface area contributed by atoms with Crippen molar-refractivity contribution < 1.29 is 19.1 Å². The fourth-order valence-corrected chi connectivity index (χ4v) is 0.0478. The number of aliphatic carboxylic acids is 1. The van der Waals surface area contributed by atoms with Gasteiger partial charge in [-0.2, -0.15) is 0 Å². The average molecular weight is 108 g/mol. The van der Waals surface area contributed by atoms with E-state index in [1.54, 1.807) is 0 Å². The van der Waals surface area contributed by atoms with Gasteiger partial charge in [-0.3, -0.25) is 4.79 Å². The van der Waals surface area contributed by atoms with Crippen molar-refractivity contribution in [2.24, 2.45) is 5.73 Å². The van der Waals surface area contributed by atoms with Gasteiger partial charge in [0, 0.05) is 0 Å². The molecular weight excluding hydrogens is 98.0 g/mol. The van der Waals surface area contributed by atoms with Crippen LogP contribution in [0.5, 0.6) is 0 Å². The van der Waals surface area contributed by atoms with E-state index in [-0.39, 0.29) is 0 Å². The highest BCUT2D eigenvalue weighted by molar-refractivity contribution is 5.73. The Kier molecular flexibility index (Phi) is 0.958. The summed E-state index contributed by atoms with van der Waals surface area (Å²) in [6, 6.07) is -3.01. The van der Waals surface area contributed by atoms with Crippen molar-refractivity contribution >= 4 is 5.97 Å². The number of nitrogens with two attached hydrogens (primary N) is 1. The van der Waals surface area contributed by atoms with Crippen LogP contribution in [0.2, 0.25) is 0 Å². The van der Waals surface area contributed by atoms with Crippen LogP contribution in [0.15, 0.2) is 0 Å². The summed E-state index contributed by atoms with van der Waals surface area (Å²) in [7, 11) is 0. The average Bonchev–Trinajstić information content (AvgIpc) is 1.62. The van der Waals surface area contributed by atoms with E-state index in [0.29, 0.717) is 0 Å². The third-order valence-corrected chi connectivity index (χ3v) is 0.351. The smallest absolute Gasteiger partial charge is 0.322 e. The van der Waals surface area contributed by atoms with E-state index in [4.69, 9.17) is 14.3 Å². The van der Waals surface area contributed by atoms with Crippen molar-refractivity contribution in [3.63, 3.8) is 0 Å². The van der Waals surface area contributed by atoms with Gasteiger partial charge in [-0.1, -0.05) is 0 Å². The Morgan fingerprint density at radius 1 is 2.29 bits per heavy atom. The van der Waals surface area contributed by atoms with Crippen LogP contribution in [-0.2, 0) is 4.79 Å². The van der Waals surface area contributed by atoms with Crippen LogP contribution >= 0.6 is 0 Å². The Morgan fingerprint density at radius 2 is 2.71 bits per heavy atom. The number of carbonyl (C=O) groups is 1. The highest BCUT2D eigenvalue weighted by Gasteiger charge is 2.06. The van der Waals surface area contributed by atoms with Gasteiger partial charge in [0.25, 0.3) is 0 Å². The number of aliphatic hydroxyl groups is 1. The molecule has 0 rings (SSSR count). The first-order valence-corrected chi connectivity index (χ1v) is 1.44. The molecule has 0 unspecified atom stereocenters. The third kappa shape index (κ3) is 2.13. The van der Waals surface area contributed by atoms with E-state index < -0.39 is 18.5 Å². The van der Waals surface area contributed by atoms with Gasteiger partial charge in [-0.05, 0) is 0 Å². The molecule has 0 bridgehead atoms. The molecule has 7 heavy (non-hydrogen) atoms. The normalized spacial score (nSPS) is 26.3. The highest BCUT2D eigenvalue weighted by Crippen LogP contribution is 1.71. The van der Waals surface area contributed by atoms with Gasteiger partial charge in [-0.15, -0.1) is 0 Å². The van der Waals surface area contributed by atoms with Gasteiger partial charge in [0.1, 0.15) is 6.02 Å². The van der Waals surface area contributed by atoms with Gasteiger partial charge < -0.3 is 15.9 Å². The Labute approximate surface area is 44.8 Å². The second-order valence-electron chi connectivity index (χ2n) is 0.831. The van der Waals surface area contributed by atoms with E-state index in [9.17, 15) is 4.79 Å². The van der Waals surface area contributed by atoms with Gasteiger partial charge in [-0.25, -0.2) is 0 Å². The maximum atomic E-state index is 9.96. The quantitative estimate of drug-likeness (QED) is 0.397. The van der Waals surface area contributed by atoms with Gasteiger partial charge in [0.15, 0.2) is 0 Å². The fourth-order valence-electron chi connectivity index (χ4n) is 0.0478. The van der Waals surface area contributed by atoms with Crippen molar-refractivity contribution in [1.29, 1.82) is 0 Å². The van der Waals surface area contributed by atoms with Gasteiger partial charge >= 0.3 is 5.97 Å². The van der Waals surface area contributed by atoms with Crippen LogP contribution in [0.25, 0.3) is 0 Å². The molecule has 0 saturated carbocycles. The summed E-state index contributed by atoms with van der Waals surface area (Å²) < 4.78 is 19.4. The Morgan fingerprint density at radius 3 is 2.71 bits per heavy atom. The zero-order valence-electron chi connectivity index (χ0n) is 6.38. The number of carboxylic acids is 1. The molecule has 4 heteroatoms. The molecule has 42 valence electrons. The molecule has 0 fully saturated rings. The maximum Gasteiger partial charge on any atom is 0.322 e. The van der Waals surface area contributed by atoms with E-state index in [1.807, 2.05) is 0 Å². The third-order valence-electron chi connectivity index (χ3n) is 0.351. The summed E-state index contributed by atoms with van der Waals surface area (Å²) in [4.78, 5) is 9.96. The lowest BCUT2D eigenvalue weighted by Gasteiger charge is -1.96. The minimum absolute atomic E-state index is 1.92. The molecule has 0 amide bonds. The predicted molar refractivity (Wildman–Crippen MR) is 22.7 cm³/mol. The summed E-state index contributed by atoms with van der Waals surface area (Å²) in [5, 5.41) is 16.4. The van der Waals surface area contributed by atoms with E-state index in [2.05, 4.69) is 5.73 Å². The topological polar surface area (TPSA) is 83.5 Å². The lowest BCUT2D eigenvalue weighted by molar-refractivity contribution is -0.139. The summed E-state index contributed by atoms with van der Waals surface area (Å²) >= 11 is 0. The zero-order chi connectivity index (χ0) is 8.58. The van der Waals surface area contributed by atoms with E-state index in [0.717, 1.165) is 0 Å². The minimum Gasteiger partial charge on any atom is -0.480 e. The van der Waals surface area contributed by atoms with Crippen LogP contribution in [0.4, 0.5) is 0 Å². The Hall–Kier alpha value is -0.610. The molecule has 0 aliphatic carbocycles. The SMILES string of the molecule is [2H]C([2H])(O)[C@]([2H])(N)C(=O)O. The van der Waals surface area contributed by atoms with Crippen LogP contribution in [0, 0.1) is 0 Å². The van der Waals surface area contributed by atoms with Gasteiger partial charge in [0.2, 0.25) is 0 Å². The van der Waals surface area contributed by atoms with Crippen LogP contribution in [-0.4, -0.2) is 28.8 Å². The Balaban J connectivity index is 4.57. The summed E-state index contributed by atoms with van der Waals surface area (Å²) in [6.45, 7) is -3.24. The van der Waals surface area contributed by atoms with Gasteiger partial charge in [0.05, 0.1) is 10.7 Å². The largest absolute Gasteiger partial charge is 0.480 e. The van der Waals surface area contributed by atoms with E-state index in [1.165, 1.54) is 0 Å². The van der Waals surface area contributed by atoms with Crippen LogP contribution in [0.1, 0.15) is 4.11 Å². The first kappa shape index (κ1) is 2.64. The molecule has 0 heterocycles. The van der Waals surface area contributed by atoms with Crippen molar-refractivity contribution in [2.45, 2.75) is 6.02 Å². The molecule has 0 aliphatic heterocycles. The predicted octanol–water partition coefficient (Wildman–Crippen LogP) is -1.61. The lowest BCUT2D eigenvalue weighted by Crippen LogP contribution is -2.33. The molecule has 0 saturated heterocycles. The molecule has 4 nitrogen and oxygen atoms in total. The first-order valence-electron chi connectivity index (χ1n) is 2.94. The monoisotopic (exact) mass is 108 g/mol. The standard InChI is InChI=1S/C3H7NO3/c4-2(1-5)3(6)7/h2,5H,1,4H2,(H,6,7)/t2-/m0/s1/i1D2,2D. The molecule has 0 aromatic carbocycles. The molecule has 0 aromatic heterocycles. The van der Waals surface area contributed by atoms with Crippen molar-refractivity contribution in [3.8, 4) is 0 Å². The van der Waals surface area contributed by atoms with Crippen molar-refractivity contribution in [1.82, 2.24) is 0 Å². The van der Waals surface area contributed by atoms with Crippen molar-refractivity contribution in [3.05, 3.63) is 0 Å². The number of carboxylic acid groups (broad SMARTS) is 1. The lowest BCUT2D eigenvalue weighted by atomic mass is 10.3. The van der Waals surface area contributed by atoms with Crippen LogP contribution < -0.4 is 5.73 Å². The van der Waals surface area contributed by atoms with Crippen LogP contribution in [0.3, 0.4) is 0 Å². The highest BCUT2D eigenvalue weighted by atomic mass is 16.4. The molecule has 0 aromatic rings. The minimum atomic E-state index is -3.24. The second-order valence-corrected chi connectivity index (χ2v) is 0.831. The summed E-state index contributed by atoms with van der Waals surface area (Å²) in [5.41, 5.74) is 4.58. The number of rotatable bonds is 2. The fraction of sp³-hybridized carbons (Fsp3) is 0.667. The molecule has 4 N–H and O–H groups in total. The number of hydrogen-bond acceptors (Lipinski definition) is 3. The molecule has 0 aliphatic rings. The van der Waals surface area contributed by atoms with E-state index >= 15 is 0 Å². The molecule has 0 radical (unpaired) electrons. The maximum absolute atomic E-state index is 9.96. The first-order chi connectivity index (χ1) is 4.19. The second kappa shape index (κ2) is 2.54. The summed E-state index contributed by atoms with van der Waals surface area (Å²) in [5.74, 6) is -1.92.